The number of aromatic carboxylic acids is 1. The van der Waals surface area contributed by atoms with Crippen molar-refractivity contribution < 1.29 is 14.6 Å². The summed E-state index contributed by atoms with van der Waals surface area (Å²) in [5.74, 6) is -0.769. The van der Waals surface area contributed by atoms with Gasteiger partial charge in [-0.15, -0.1) is 0 Å². The quantitative estimate of drug-likeness (QED) is 0.666. The van der Waals surface area contributed by atoms with Crippen molar-refractivity contribution in [3.05, 3.63) is 29.8 Å². The van der Waals surface area contributed by atoms with Crippen LogP contribution >= 0.6 is 0 Å². The maximum absolute atomic E-state index is 11.0. The highest BCUT2D eigenvalue weighted by Gasteiger charge is 2.11. The van der Waals surface area contributed by atoms with Crippen LogP contribution in [0.4, 0.5) is 0 Å². The number of rotatable bonds is 8. The third-order valence-electron chi connectivity index (χ3n) is 2.99. The summed E-state index contributed by atoms with van der Waals surface area (Å²) in [7, 11) is 0. The minimum Gasteiger partial charge on any atom is -0.545 e. The molecule has 0 bridgehead atoms. The van der Waals surface area contributed by atoms with Gasteiger partial charge in [-0.05, 0) is 31.4 Å². The van der Waals surface area contributed by atoms with E-state index in [9.17, 15) is 9.90 Å². The van der Waals surface area contributed by atoms with Crippen LogP contribution < -0.4 is 9.84 Å². The summed E-state index contributed by atoms with van der Waals surface area (Å²) < 4.78 is 5.78. The van der Waals surface area contributed by atoms with E-state index >= 15 is 0 Å². The molecule has 3 heteroatoms. The normalized spacial score (nSPS) is 12.1. The molecule has 0 aliphatic carbocycles. The molecular weight excluding hydrogens is 228 g/mol. The number of hydrogen-bond donors (Lipinski definition) is 0. The van der Waals surface area contributed by atoms with Gasteiger partial charge in [-0.25, -0.2) is 0 Å². The van der Waals surface area contributed by atoms with Crippen LogP contribution in [0, 0.1) is 0 Å². The molecule has 0 aliphatic rings. The zero-order valence-corrected chi connectivity index (χ0v) is 11.1. The molecule has 0 aromatic heterocycles. The van der Waals surface area contributed by atoms with Crippen LogP contribution in [-0.4, -0.2) is 12.1 Å². The number of carbonyl (C=O) groups is 1. The summed E-state index contributed by atoms with van der Waals surface area (Å²) in [6, 6.07) is 6.66. The first-order chi connectivity index (χ1) is 8.69. The third-order valence-corrected chi connectivity index (χ3v) is 2.99. The van der Waals surface area contributed by atoms with Crippen LogP contribution in [0.25, 0.3) is 0 Å². The first kappa shape index (κ1) is 14.6. The Morgan fingerprint density at radius 2 is 2.00 bits per heavy atom. The Hall–Kier alpha value is -1.51. The molecule has 1 atom stereocenters. The SMILES string of the molecule is CCCCCC(CC)Oc1ccccc1C(=O)[O-]. The fourth-order valence-electron chi connectivity index (χ4n) is 1.89. The van der Waals surface area contributed by atoms with Gasteiger partial charge < -0.3 is 14.6 Å². The lowest BCUT2D eigenvalue weighted by Gasteiger charge is -2.20. The van der Waals surface area contributed by atoms with Gasteiger partial charge in [0, 0.05) is 5.56 Å². The van der Waals surface area contributed by atoms with Gasteiger partial charge in [0.2, 0.25) is 0 Å². The van der Waals surface area contributed by atoms with Crippen LogP contribution in [0.5, 0.6) is 5.75 Å². The molecule has 18 heavy (non-hydrogen) atoms. The van der Waals surface area contributed by atoms with Gasteiger partial charge in [0.1, 0.15) is 5.75 Å². The number of hydrogen-bond acceptors (Lipinski definition) is 3. The molecule has 0 saturated heterocycles. The van der Waals surface area contributed by atoms with Crippen LogP contribution in [-0.2, 0) is 0 Å². The van der Waals surface area contributed by atoms with Crippen molar-refractivity contribution in [1.82, 2.24) is 0 Å². The Morgan fingerprint density at radius 3 is 2.61 bits per heavy atom. The van der Waals surface area contributed by atoms with Crippen LogP contribution in [0.15, 0.2) is 24.3 Å². The fraction of sp³-hybridized carbons (Fsp3) is 0.533. The van der Waals surface area contributed by atoms with E-state index in [0.717, 1.165) is 19.3 Å². The second-order valence-electron chi connectivity index (χ2n) is 4.43. The average Bonchev–Trinajstić information content (AvgIpc) is 2.38. The molecule has 100 valence electrons. The van der Waals surface area contributed by atoms with E-state index in [2.05, 4.69) is 13.8 Å². The van der Waals surface area contributed by atoms with E-state index in [0.29, 0.717) is 5.75 Å². The maximum Gasteiger partial charge on any atom is 0.128 e. The molecule has 1 aromatic rings. The van der Waals surface area contributed by atoms with Crippen molar-refractivity contribution >= 4 is 5.97 Å². The predicted molar refractivity (Wildman–Crippen MR) is 69.6 cm³/mol. The Bertz CT molecular complexity index is 374. The summed E-state index contributed by atoms with van der Waals surface area (Å²) in [5, 5.41) is 11.0. The van der Waals surface area contributed by atoms with Gasteiger partial charge in [0.05, 0.1) is 12.1 Å². The molecule has 0 radical (unpaired) electrons. The standard InChI is InChI=1S/C15H22O3/c1-3-5-6-9-12(4-2)18-14-11-8-7-10-13(14)15(16)17/h7-8,10-12H,3-6,9H2,1-2H3,(H,16,17)/p-1. The molecular formula is C15H21O3-. The van der Waals surface area contributed by atoms with E-state index in [1.807, 2.05) is 0 Å². The second-order valence-corrected chi connectivity index (χ2v) is 4.43. The lowest BCUT2D eigenvalue weighted by atomic mass is 10.1. The first-order valence-corrected chi connectivity index (χ1v) is 6.66. The highest BCUT2D eigenvalue weighted by molar-refractivity contribution is 5.89. The molecule has 0 spiro atoms. The minimum atomic E-state index is -1.19. The van der Waals surface area contributed by atoms with Crippen molar-refractivity contribution in [2.75, 3.05) is 0 Å². The Labute approximate surface area is 109 Å². The number of benzene rings is 1. The van der Waals surface area contributed by atoms with Crippen molar-refractivity contribution in [1.29, 1.82) is 0 Å². The lowest BCUT2D eigenvalue weighted by molar-refractivity contribution is -0.255. The fourth-order valence-corrected chi connectivity index (χ4v) is 1.89. The molecule has 1 aromatic carbocycles. The van der Waals surface area contributed by atoms with Crippen molar-refractivity contribution in [2.45, 2.75) is 52.1 Å². The molecule has 0 fully saturated rings. The zero-order chi connectivity index (χ0) is 13.4. The van der Waals surface area contributed by atoms with Crippen LogP contribution in [0.3, 0.4) is 0 Å². The molecule has 0 saturated carbocycles. The van der Waals surface area contributed by atoms with Gasteiger partial charge >= 0.3 is 0 Å². The third kappa shape index (κ3) is 4.40. The summed E-state index contributed by atoms with van der Waals surface area (Å²) in [6.07, 6.45) is 5.39. The van der Waals surface area contributed by atoms with E-state index in [-0.39, 0.29) is 11.7 Å². The molecule has 0 aliphatic heterocycles. The largest absolute Gasteiger partial charge is 0.545 e. The molecule has 0 heterocycles. The maximum atomic E-state index is 11.0. The summed E-state index contributed by atoms with van der Waals surface area (Å²) in [4.78, 5) is 11.0. The number of carbonyl (C=O) groups excluding carboxylic acids is 1. The number of carboxylic acids is 1. The Morgan fingerprint density at radius 1 is 1.28 bits per heavy atom. The monoisotopic (exact) mass is 249 g/mol. The first-order valence-electron chi connectivity index (χ1n) is 6.66. The predicted octanol–water partition coefficient (Wildman–Crippen LogP) is 2.79. The molecule has 1 unspecified atom stereocenters. The summed E-state index contributed by atoms with van der Waals surface area (Å²) >= 11 is 0. The smallest absolute Gasteiger partial charge is 0.128 e. The number of ether oxygens (including phenoxy) is 1. The topological polar surface area (TPSA) is 49.4 Å². The van der Waals surface area contributed by atoms with E-state index in [4.69, 9.17) is 4.74 Å². The van der Waals surface area contributed by atoms with Gasteiger partial charge in [0.15, 0.2) is 0 Å². The van der Waals surface area contributed by atoms with Crippen molar-refractivity contribution in [2.24, 2.45) is 0 Å². The highest BCUT2D eigenvalue weighted by Crippen LogP contribution is 2.21. The zero-order valence-electron chi connectivity index (χ0n) is 11.1. The molecule has 3 nitrogen and oxygen atoms in total. The lowest BCUT2D eigenvalue weighted by Crippen LogP contribution is -2.24. The van der Waals surface area contributed by atoms with Crippen molar-refractivity contribution in [3.63, 3.8) is 0 Å². The van der Waals surface area contributed by atoms with Crippen molar-refractivity contribution in [3.8, 4) is 5.75 Å². The second kappa shape index (κ2) is 7.75. The molecule has 0 amide bonds. The minimum absolute atomic E-state index is 0.0806. The highest BCUT2D eigenvalue weighted by atomic mass is 16.5. The van der Waals surface area contributed by atoms with Crippen LogP contribution in [0.2, 0.25) is 0 Å². The van der Waals surface area contributed by atoms with Gasteiger partial charge in [-0.1, -0.05) is 38.8 Å². The van der Waals surface area contributed by atoms with Gasteiger partial charge in [-0.2, -0.15) is 0 Å². The summed E-state index contributed by atoms with van der Waals surface area (Å²) in [6.45, 7) is 4.21. The van der Waals surface area contributed by atoms with Gasteiger partial charge in [-0.3, -0.25) is 0 Å². The Kier molecular flexibility index (Phi) is 6.26. The Balaban J connectivity index is 2.66. The van der Waals surface area contributed by atoms with Crippen LogP contribution in [0.1, 0.15) is 56.3 Å². The van der Waals surface area contributed by atoms with E-state index < -0.39 is 5.97 Å². The van der Waals surface area contributed by atoms with E-state index in [1.54, 1.807) is 18.2 Å². The number of unbranched alkanes of at least 4 members (excludes halogenated alkanes) is 2. The number of para-hydroxylation sites is 1. The average molecular weight is 249 g/mol. The van der Waals surface area contributed by atoms with E-state index in [1.165, 1.54) is 18.9 Å². The molecule has 0 N–H and O–H groups in total. The number of carboxylic acid groups (broad SMARTS) is 1. The summed E-state index contributed by atoms with van der Waals surface area (Å²) in [5.41, 5.74) is 0.131. The molecule has 1 rings (SSSR count). The van der Waals surface area contributed by atoms with Gasteiger partial charge in [0.25, 0.3) is 0 Å².